The summed E-state index contributed by atoms with van der Waals surface area (Å²) in [5.41, 5.74) is 2.08. The summed E-state index contributed by atoms with van der Waals surface area (Å²) in [6, 6.07) is 5.95. The zero-order valence-corrected chi connectivity index (χ0v) is 17.3. The molecule has 1 atom stereocenters. The van der Waals surface area contributed by atoms with Gasteiger partial charge >= 0.3 is 0 Å². The molecular weight excluding hydrogens is 382 g/mol. The summed E-state index contributed by atoms with van der Waals surface area (Å²) in [4.78, 5) is 28.7. The van der Waals surface area contributed by atoms with Gasteiger partial charge in [-0.25, -0.2) is 5.01 Å². The lowest BCUT2D eigenvalue weighted by molar-refractivity contribution is -0.141. The fourth-order valence-electron chi connectivity index (χ4n) is 3.05. The van der Waals surface area contributed by atoms with Crippen LogP contribution in [0.2, 0.25) is 0 Å². The van der Waals surface area contributed by atoms with Crippen LogP contribution in [0.15, 0.2) is 34.1 Å². The molecule has 3 heterocycles. The minimum Gasteiger partial charge on any atom is -0.383 e. The molecule has 0 bridgehead atoms. The Hall–Kier alpha value is -2.03. The Labute approximate surface area is 167 Å². The monoisotopic (exact) mass is 405 g/mol. The first-order valence-electron chi connectivity index (χ1n) is 8.73. The average molecular weight is 406 g/mol. The quantitative estimate of drug-likeness (QED) is 0.710. The van der Waals surface area contributed by atoms with Crippen LogP contribution < -0.4 is 0 Å². The third-order valence-electron chi connectivity index (χ3n) is 4.51. The number of hydrogen-bond acceptors (Lipinski definition) is 6. The minimum absolute atomic E-state index is 0.000830. The van der Waals surface area contributed by atoms with Crippen molar-refractivity contribution in [3.05, 3.63) is 44.3 Å². The van der Waals surface area contributed by atoms with Gasteiger partial charge in [0.05, 0.1) is 23.2 Å². The van der Waals surface area contributed by atoms with Crippen LogP contribution in [0.3, 0.4) is 0 Å². The van der Waals surface area contributed by atoms with Gasteiger partial charge in [-0.15, -0.1) is 22.7 Å². The molecule has 0 saturated heterocycles. The number of methoxy groups -OCH3 is 1. The number of thiophene rings is 2. The van der Waals surface area contributed by atoms with Crippen molar-refractivity contribution < 1.29 is 14.3 Å². The van der Waals surface area contributed by atoms with Gasteiger partial charge in [0, 0.05) is 31.9 Å². The number of nitrogens with zero attached hydrogens (tertiary/aromatic N) is 3. The van der Waals surface area contributed by atoms with Crippen LogP contribution in [0.4, 0.5) is 0 Å². The maximum Gasteiger partial charge on any atom is 0.262 e. The second-order valence-electron chi connectivity index (χ2n) is 6.38. The Bertz CT molecular complexity index is 829. The number of carbonyl (C=O) groups is 2. The topological polar surface area (TPSA) is 62.2 Å². The number of carbonyl (C=O) groups excluding carboxylic acids is 2. The summed E-state index contributed by atoms with van der Waals surface area (Å²) in [5.74, 6) is -0.323. The third kappa shape index (κ3) is 4.45. The maximum absolute atomic E-state index is 13.0. The molecule has 0 aliphatic carbocycles. The summed E-state index contributed by atoms with van der Waals surface area (Å²) in [6.45, 7) is 4.30. The van der Waals surface area contributed by atoms with Gasteiger partial charge in [0.1, 0.15) is 6.54 Å². The number of ether oxygens (including phenoxy) is 1. The van der Waals surface area contributed by atoms with Gasteiger partial charge < -0.3 is 9.64 Å². The van der Waals surface area contributed by atoms with E-state index in [1.807, 2.05) is 22.9 Å². The van der Waals surface area contributed by atoms with Crippen LogP contribution in [-0.2, 0) is 14.3 Å². The maximum atomic E-state index is 13.0. The SMILES string of the molecule is COCCN(CC(=O)N1N=C(c2cccs2)CC1c1sccc1C)C(C)=O. The van der Waals surface area contributed by atoms with Crippen LogP contribution in [0.1, 0.15) is 34.7 Å². The first-order chi connectivity index (χ1) is 13.0. The Kier molecular flexibility index (Phi) is 6.41. The summed E-state index contributed by atoms with van der Waals surface area (Å²) < 4.78 is 5.05. The predicted molar refractivity (Wildman–Crippen MR) is 108 cm³/mol. The second-order valence-corrected chi connectivity index (χ2v) is 8.28. The highest BCUT2D eigenvalue weighted by Gasteiger charge is 2.35. The van der Waals surface area contributed by atoms with Gasteiger partial charge in [-0.05, 0) is 35.4 Å². The molecule has 2 amide bonds. The zero-order valence-electron chi connectivity index (χ0n) is 15.7. The van der Waals surface area contributed by atoms with E-state index < -0.39 is 0 Å². The van der Waals surface area contributed by atoms with Crippen molar-refractivity contribution in [3.63, 3.8) is 0 Å². The number of hydrogen-bond donors (Lipinski definition) is 0. The van der Waals surface area contributed by atoms with Gasteiger partial charge in [-0.2, -0.15) is 5.10 Å². The van der Waals surface area contributed by atoms with Crippen molar-refractivity contribution in [2.24, 2.45) is 5.10 Å². The van der Waals surface area contributed by atoms with Gasteiger partial charge in [-0.3, -0.25) is 9.59 Å². The van der Waals surface area contributed by atoms with E-state index in [4.69, 9.17) is 4.74 Å². The molecule has 1 aliphatic rings. The second kappa shape index (κ2) is 8.77. The highest BCUT2D eigenvalue weighted by Crippen LogP contribution is 2.37. The molecule has 144 valence electrons. The highest BCUT2D eigenvalue weighted by molar-refractivity contribution is 7.12. The van der Waals surface area contributed by atoms with Crippen molar-refractivity contribution in [1.29, 1.82) is 0 Å². The van der Waals surface area contributed by atoms with Gasteiger partial charge in [0.2, 0.25) is 5.91 Å². The number of aryl methyl sites for hydroxylation is 1. The van der Waals surface area contributed by atoms with Crippen molar-refractivity contribution in [2.45, 2.75) is 26.3 Å². The van der Waals surface area contributed by atoms with E-state index in [0.29, 0.717) is 19.6 Å². The van der Waals surface area contributed by atoms with Gasteiger partial charge in [0.25, 0.3) is 5.91 Å². The molecule has 6 nitrogen and oxygen atoms in total. The fourth-order valence-corrected chi connectivity index (χ4v) is 4.78. The molecular formula is C19H23N3O3S2. The molecule has 2 aromatic rings. The van der Waals surface area contributed by atoms with E-state index in [9.17, 15) is 9.59 Å². The molecule has 2 aromatic heterocycles. The van der Waals surface area contributed by atoms with E-state index in [0.717, 1.165) is 21.0 Å². The molecule has 0 N–H and O–H groups in total. The van der Waals surface area contributed by atoms with Crippen molar-refractivity contribution in [3.8, 4) is 0 Å². The smallest absolute Gasteiger partial charge is 0.262 e. The third-order valence-corrected chi connectivity index (χ3v) is 6.55. The summed E-state index contributed by atoms with van der Waals surface area (Å²) in [6.07, 6.45) is 0.686. The predicted octanol–water partition coefficient (Wildman–Crippen LogP) is 3.29. The first-order valence-corrected chi connectivity index (χ1v) is 10.5. The van der Waals surface area contributed by atoms with Crippen LogP contribution in [0.5, 0.6) is 0 Å². The molecule has 0 fully saturated rings. The Morgan fingerprint density at radius 2 is 2.15 bits per heavy atom. The summed E-state index contributed by atoms with van der Waals surface area (Å²) in [5, 5.41) is 10.3. The summed E-state index contributed by atoms with van der Waals surface area (Å²) in [7, 11) is 1.58. The molecule has 1 aliphatic heterocycles. The van der Waals surface area contributed by atoms with Crippen LogP contribution >= 0.6 is 22.7 Å². The lowest BCUT2D eigenvalue weighted by atomic mass is 10.1. The molecule has 0 spiro atoms. The van der Waals surface area contributed by atoms with Crippen LogP contribution in [-0.4, -0.2) is 54.2 Å². The van der Waals surface area contributed by atoms with E-state index in [1.54, 1.807) is 34.8 Å². The Morgan fingerprint density at radius 1 is 1.33 bits per heavy atom. The standard InChI is InChI=1S/C19H23N3O3S2/c1-13-6-10-27-19(13)16-11-15(17-5-4-9-26-17)20-22(16)18(24)12-21(14(2)23)7-8-25-3/h4-6,9-10,16H,7-8,11-12H2,1-3H3. The lowest BCUT2D eigenvalue weighted by Gasteiger charge is -2.26. The van der Waals surface area contributed by atoms with Crippen molar-refractivity contribution >= 4 is 40.2 Å². The molecule has 8 heteroatoms. The number of amides is 2. The van der Waals surface area contributed by atoms with E-state index in [2.05, 4.69) is 18.1 Å². The van der Waals surface area contributed by atoms with E-state index in [1.165, 1.54) is 11.8 Å². The molecule has 3 rings (SSSR count). The number of rotatable bonds is 7. The zero-order chi connectivity index (χ0) is 19.4. The lowest BCUT2D eigenvalue weighted by Crippen LogP contribution is -2.41. The van der Waals surface area contributed by atoms with Crippen LogP contribution in [0, 0.1) is 6.92 Å². The fraction of sp³-hybridized carbons (Fsp3) is 0.421. The first kappa shape index (κ1) is 19.7. The minimum atomic E-state index is -0.175. The Morgan fingerprint density at radius 3 is 2.74 bits per heavy atom. The largest absolute Gasteiger partial charge is 0.383 e. The molecule has 1 unspecified atom stereocenters. The van der Waals surface area contributed by atoms with Crippen molar-refractivity contribution in [1.82, 2.24) is 9.91 Å². The van der Waals surface area contributed by atoms with Crippen molar-refractivity contribution in [2.75, 3.05) is 26.8 Å². The van der Waals surface area contributed by atoms with Gasteiger partial charge in [-0.1, -0.05) is 6.07 Å². The normalized spacial score (nSPS) is 16.5. The summed E-state index contributed by atoms with van der Waals surface area (Å²) >= 11 is 3.26. The molecule has 0 aromatic carbocycles. The van der Waals surface area contributed by atoms with E-state index in [-0.39, 0.29) is 24.4 Å². The average Bonchev–Trinajstić information content (AvgIpc) is 3.37. The Balaban J connectivity index is 1.84. The molecule has 0 saturated carbocycles. The molecule has 0 radical (unpaired) electrons. The van der Waals surface area contributed by atoms with Gasteiger partial charge in [0.15, 0.2) is 0 Å². The highest BCUT2D eigenvalue weighted by atomic mass is 32.1. The van der Waals surface area contributed by atoms with Crippen LogP contribution in [0.25, 0.3) is 0 Å². The molecule has 27 heavy (non-hydrogen) atoms. The number of hydrazone groups is 1. The van der Waals surface area contributed by atoms with E-state index >= 15 is 0 Å².